The number of ether oxygens (including phenoxy) is 2. The van der Waals surface area contributed by atoms with Crippen molar-refractivity contribution in [1.82, 2.24) is 0 Å². The molecule has 0 saturated heterocycles. The van der Waals surface area contributed by atoms with E-state index in [4.69, 9.17) is 11.6 Å². The molecular formula is C7H11ClO4S. The molecule has 0 aromatic rings. The fourth-order valence-electron chi connectivity index (χ4n) is 0.501. The molecule has 1 atom stereocenters. The van der Waals surface area contributed by atoms with Crippen molar-refractivity contribution in [2.75, 3.05) is 25.7 Å². The number of thioether (sulfide) groups is 1. The van der Waals surface area contributed by atoms with E-state index in [0.29, 0.717) is 5.75 Å². The molecule has 0 fully saturated rings. The van der Waals surface area contributed by atoms with Gasteiger partial charge in [0, 0.05) is 5.75 Å². The molecule has 0 aromatic carbocycles. The fraction of sp³-hybridized carbons (Fsp3) is 0.714. The van der Waals surface area contributed by atoms with Gasteiger partial charge in [-0.2, -0.15) is 0 Å². The quantitative estimate of drug-likeness (QED) is 0.510. The Morgan fingerprint density at radius 1 is 1.38 bits per heavy atom. The Labute approximate surface area is 85.9 Å². The van der Waals surface area contributed by atoms with Crippen molar-refractivity contribution in [3.63, 3.8) is 0 Å². The number of alkyl halides is 1. The molecule has 6 heteroatoms. The molecule has 0 rings (SSSR count). The van der Waals surface area contributed by atoms with Crippen molar-refractivity contribution in [1.29, 1.82) is 0 Å². The van der Waals surface area contributed by atoms with Crippen LogP contribution < -0.4 is 0 Å². The number of hydrogen-bond acceptors (Lipinski definition) is 5. The molecule has 0 saturated carbocycles. The van der Waals surface area contributed by atoms with Gasteiger partial charge in [0.25, 0.3) is 0 Å². The molecule has 0 amide bonds. The number of esters is 2. The summed E-state index contributed by atoms with van der Waals surface area (Å²) in [5.41, 5.74) is 0. The molecule has 0 bridgehead atoms. The molecule has 0 heterocycles. The normalized spacial score (nSPS) is 11.9. The molecule has 76 valence electrons. The molecule has 0 N–H and O–H groups in total. The summed E-state index contributed by atoms with van der Waals surface area (Å²) in [6.45, 7) is 0. The average molecular weight is 227 g/mol. The number of hydrogen-bond donors (Lipinski definition) is 0. The van der Waals surface area contributed by atoms with Crippen molar-refractivity contribution in [2.45, 2.75) is 5.38 Å². The minimum absolute atomic E-state index is 0.191. The van der Waals surface area contributed by atoms with E-state index < -0.39 is 11.3 Å². The van der Waals surface area contributed by atoms with Crippen molar-refractivity contribution in [2.24, 2.45) is 0 Å². The van der Waals surface area contributed by atoms with Gasteiger partial charge in [-0.05, 0) is 0 Å². The first-order chi connectivity index (χ1) is 6.11. The molecule has 4 nitrogen and oxygen atoms in total. The predicted molar refractivity (Wildman–Crippen MR) is 51.0 cm³/mol. The lowest BCUT2D eigenvalue weighted by atomic mass is 10.5. The third-order valence-electron chi connectivity index (χ3n) is 1.17. The van der Waals surface area contributed by atoms with Gasteiger partial charge in [0.2, 0.25) is 0 Å². The SMILES string of the molecule is COC(=O)CSC[C@@H](Cl)C(=O)OC. The minimum Gasteiger partial charge on any atom is -0.468 e. The molecule has 0 aliphatic rings. The number of carbonyl (C=O) groups excluding carboxylic acids is 2. The summed E-state index contributed by atoms with van der Waals surface area (Å²) in [5.74, 6) is -0.294. The Hall–Kier alpha value is -0.420. The van der Waals surface area contributed by atoms with E-state index in [1.54, 1.807) is 0 Å². The van der Waals surface area contributed by atoms with E-state index in [1.807, 2.05) is 0 Å². The van der Waals surface area contributed by atoms with Crippen LogP contribution in [0.2, 0.25) is 0 Å². The Morgan fingerprint density at radius 2 is 2.00 bits per heavy atom. The second kappa shape index (κ2) is 7.03. The van der Waals surface area contributed by atoms with Crippen LogP contribution in [0.5, 0.6) is 0 Å². The topological polar surface area (TPSA) is 52.6 Å². The molecule has 0 spiro atoms. The van der Waals surface area contributed by atoms with Gasteiger partial charge in [-0.25, -0.2) is 0 Å². The molecular weight excluding hydrogens is 216 g/mol. The van der Waals surface area contributed by atoms with E-state index >= 15 is 0 Å². The fourth-order valence-corrected chi connectivity index (χ4v) is 1.60. The lowest BCUT2D eigenvalue weighted by molar-refractivity contribution is -0.140. The first kappa shape index (κ1) is 12.6. The Balaban J connectivity index is 3.53. The highest BCUT2D eigenvalue weighted by molar-refractivity contribution is 8.00. The van der Waals surface area contributed by atoms with Gasteiger partial charge < -0.3 is 9.47 Å². The van der Waals surface area contributed by atoms with E-state index in [1.165, 1.54) is 26.0 Å². The van der Waals surface area contributed by atoms with Crippen LogP contribution in [0.1, 0.15) is 0 Å². The Morgan fingerprint density at radius 3 is 2.46 bits per heavy atom. The average Bonchev–Trinajstić information content (AvgIpc) is 2.15. The first-order valence-corrected chi connectivity index (χ1v) is 5.07. The summed E-state index contributed by atoms with van der Waals surface area (Å²) < 4.78 is 8.80. The van der Waals surface area contributed by atoms with Crippen molar-refractivity contribution >= 4 is 35.3 Å². The maximum Gasteiger partial charge on any atom is 0.324 e. The zero-order valence-corrected chi connectivity index (χ0v) is 8.98. The van der Waals surface area contributed by atoms with Crippen molar-refractivity contribution < 1.29 is 19.1 Å². The molecule has 0 aliphatic carbocycles. The summed E-state index contributed by atoms with van der Waals surface area (Å²) in [5, 5.41) is -0.709. The summed E-state index contributed by atoms with van der Waals surface area (Å²) in [6, 6.07) is 0. The number of halogens is 1. The smallest absolute Gasteiger partial charge is 0.324 e. The van der Waals surface area contributed by atoms with Crippen LogP contribution in [0.4, 0.5) is 0 Å². The molecule has 0 aliphatic heterocycles. The lowest BCUT2D eigenvalue weighted by Crippen LogP contribution is -2.19. The van der Waals surface area contributed by atoms with E-state index in [0.717, 1.165) is 0 Å². The van der Waals surface area contributed by atoms with E-state index in [9.17, 15) is 9.59 Å². The first-order valence-electron chi connectivity index (χ1n) is 3.48. The molecule has 0 unspecified atom stereocenters. The monoisotopic (exact) mass is 226 g/mol. The zero-order chi connectivity index (χ0) is 10.3. The van der Waals surface area contributed by atoms with Gasteiger partial charge in [-0.15, -0.1) is 23.4 Å². The second-order valence-electron chi connectivity index (χ2n) is 2.08. The van der Waals surface area contributed by atoms with Crippen LogP contribution in [0.15, 0.2) is 0 Å². The summed E-state index contributed by atoms with van der Waals surface area (Å²) in [7, 11) is 2.57. The number of carbonyl (C=O) groups is 2. The third kappa shape index (κ3) is 5.76. The van der Waals surface area contributed by atoms with Gasteiger partial charge in [-0.3, -0.25) is 9.59 Å². The number of rotatable bonds is 5. The van der Waals surface area contributed by atoms with E-state index in [2.05, 4.69) is 9.47 Å². The Kier molecular flexibility index (Phi) is 6.80. The van der Waals surface area contributed by atoms with Crippen LogP contribution in [0.3, 0.4) is 0 Å². The zero-order valence-electron chi connectivity index (χ0n) is 7.41. The highest BCUT2D eigenvalue weighted by Gasteiger charge is 2.15. The van der Waals surface area contributed by atoms with Crippen LogP contribution in [-0.2, 0) is 19.1 Å². The van der Waals surface area contributed by atoms with Gasteiger partial charge in [0.05, 0.1) is 20.0 Å². The predicted octanol–water partition coefficient (Wildman–Crippen LogP) is 0.673. The maximum absolute atomic E-state index is 10.8. The second-order valence-corrected chi connectivity index (χ2v) is 3.64. The van der Waals surface area contributed by atoms with Gasteiger partial charge in [0.15, 0.2) is 0 Å². The van der Waals surface area contributed by atoms with Crippen LogP contribution >= 0.6 is 23.4 Å². The highest BCUT2D eigenvalue weighted by Crippen LogP contribution is 2.09. The van der Waals surface area contributed by atoms with Crippen LogP contribution in [-0.4, -0.2) is 43.0 Å². The molecule has 0 aromatic heterocycles. The minimum atomic E-state index is -0.709. The highest BCUT2D eigenvalue weighted by atomic mass is 35.5. The molecule has 13 heavy (non-hydrogen) atoms. The largest absolute Gasteiger partial charge is 0.468 e. The Bertz CT molecular complexity index is 185. The molecule has 0 radical (unpaired) electrons. The standard InChI is InChI=1S/C7H11ClO4S/c1-11-6(9)4-13-3-5(8)7(10)12-2/h5H,3-4H2,1-2H3/t5-/m1/s1. The summed E-state index contributed by atoms with van der Waals surface area (Å²) in [6.07, 6.45) is 0. The van der Waals surface area contributed by atoms with Gasteiger partial charge in [-0.1, -0.05) is 0 Å². The summed E-state index contributed by atoms with van der Waals surface area (Å²) >= 11 is 6.84. The van der Waals surface area contributed by atoms with Gasteiger partial charge >= 0.3 is 11.9 Å². The van der Waals surface area contributed by atoms with Gasteiger partial charge in [0.1, 0.15) is 5.38 Å². The number of methoxy groups -OCH3 is 2. The van der Waals surface area contributed by atoms with Crippen LogP contribution in [0.25, 0.3) is 0 Å². The maximum atomic E-state index is 10.8. The van der Waals surface area contributed by atoms with Crippen molar-refractivity contribution in [3.8, 4) is 0 Å². The van der Waals surface area contributed by atoms with Crippen molar-refractivity contribution in [3.05, 3.63) is 0 Å². The lowest BCUT2D eigenvalue weighted by Gasteiger charge is -2.05. The van der Waals surface area contributed by atoms with E-state index in [-0.39, 0.29) is 11.7 Å². The summed E-state index contributed by atoms with van der Waals surface area (Å²) in [4.78, 5) is 21.4. The van der Waals surface area contributed by atoms with Crippen LogP contribution in [0, 0.1) is 0 Å². The third-order valence-corrected chi connectivity index (χ3v) is 2.69.